The number of alkyl halides is 3. The highest BCUT2D eigenvalue weighted by molar-refractivity contribution is 6.30. The van der Waals surface area contributed by atoms with Crippen molar-refractivity contribution in [1.82, 2.24) is 4.98 Å². The Morgan fingerprint density at radius 3 is 2.50 bits per heavy atom. The minimum Gasteiger partial charge on any atom is -0.357 e. The van der Waals surface area contributed by atoms with Gasteiger partial charge in [-0.2, -0.15) is 13.2 Å². The van der Waals surface area contributed by atoms with Gasteiger partial charge in [0, 0.05) is 42.5 Å². The fourth-order valence-electron chi connectivity index (χ4n) is 4.27. The number of amides is 1. The predicted octanol–water partition coefficient (Wildman–Crippen LogP) is 5.34. The van der Waals surface area contributed by atoms with Crippen molar-refractivity contribution in [3.05, 3.63) is 52.7 Å². The molecule has 0 aliphatic carbocycles. The van der Waals surface area contributed by atoms with Crippen LogP contribution >= 0.6 is 11.6 Å². The summed E-state index contributed by atoms with van der Waals surface area (Å²) in [5.74, 6) is 0.543. The Kier molecular flexibility index (Phi) is 5.91. The number of aryl methyl sites for hydroxylation is 1. The first kappa shape index (κ1) is 21.0. The summed E-state index contributed by atoms with van der Waals surface area (Å²) < 4.78 is 38.2. The van der Waals surface area contributed by atoms with E-state index in [0.29, 0.717) is 43.3 Å². The Labute approximate surface area is 178 Å². The number of halogens is 4. The number of carbonyl (C=O) groups is 1. The Morgan fingerprint density at radius 1 is 1.07 bits per heavy atom. The highest BCUT2D eigenvalue weighted by atomic mass is 35.5. The van der Waals surface area contributed by atoms with Gasteiger partial charge >= 0.3 is 6.18 Å². The second kappa shape index (κ2) is 8.46. The van der Waals surface area contributed by atoms with Crippen LogP contribution in [0.3, 0.4) is 0 Å². The Hall–Kier alpha value is -2.28. The summed E-state index contributed by atoms with van der Waals surface area (Å²) in [4.78, 5) is 21.1. The third kappa shape index (κ3) is 4.41. The van der Waals surface area contributed by atoms with E-state index >= 15 is 0 Å². The molecule has 0 radical (unpaired) electrons. The number of nitrogens with zero attached hydrogens (tertiary/aromatic N) is 3. The third-order valence-electron chi connectivity index (χ3n) is 5.92. The molecule has 2 aliphatic rings. The summed E-state index contributed by atoms with van der Waals surface area (Å²) in [6.07, 6.45) is 0.672. The number of carbonyl (C=O) groups excluding carboxylic acids is 1. The van der Waals surface area contributed by atoms with Gasteiger partial charge in [0.05, 0.1) is 5.56 Å². The number of hydrogen-bond acceptors (Lipinski definition) is 3. The van der Waals surface area contributed by atoms with E-state index < -0.39 is 11.7 Å². The van der Waals surface area contributed by atoms with Crippen molar-refractivity contribution in [1.29, 1.82) is 0 Å². The van der Waals surface area contributed by atoms with E-state index in [1.807, 2.05) is 28.0 Å². The van der Waals surface area contributed by atoms with Crippen LogP contribution in [0.2, 0.25) is 5.02 Å². The highest BCUT2D eigenvalue weighted by Crippen LogP contribution is 2.33. The molecule has 0 bridgehead atoms. The summed E-state index contributed by atoms with van der Waals surface area (Å²) >= 11 is 6.14. The molecular weight excluding hydrogens is 415 g/mol. The number of aromatic nitrogens is 1. The van der Waals surface area contributed by atoms with E-state index in [0.717, 1.165) is 42.8 Å². The summed E-state index contributed by atoms with van der Waals surface area (Å²) in [7, 11) is 0. The summed E-state index contributed by atoms with van der Waals surface area (Å²) in [6, 6.07) is 8.16. The topological polar surface area (TPSA) is 36.4 Å². The van der Waals surface area contributed by atoms with Gasteiger partial charge in [0.25, 0.3) is 0 Å². The van der Waals surface area contributed by atoms with Crippen molar-refractivity contribution >= 4 is 29.0 Å². The van der Waals surface area contributed by atoms with Crippen molar-refractivity contribution in [3.8, 4) is 0 Å². The molecule has 4 rings (SSSR count). The number of benzene rings is 1. The van der Waals surface area contributed by atoms with Crippen LogP contribution in [0.25, 0.3) is 0 Å². The predicted molar refractivity (Wildman–Crippen MR) is 111 cm³/mol. The first-order valence-electron chi connectivity index (χ1n) is 10.2. The van der Waals surface area contributed by atoms with Crippen LogP contribution < -0.4 is 9.80 Å². The lowest BCUT2D eigenvalue weighted by atomic mass is 9.94. The maximum atomic E-state index is 13.3. The van der Waals surface area contributed by atoms with Crippen LogP contribution in [0.15, 0.2) is 36.5 Å². The molecule has 1 fully saturated rings. The van der Waals surface area contributed by atoms with Crippen LogP contribution in [0, 0.1) is 5.92 Å². The van der Waals surface area contributed by atoms with Crippen molar-refractivity contribution in [2.24, 2.45) is 5.92 Å². The van der Waals surface area contributed by atoms with Crippen molar-refractivity contribution in [2.75, 3.05) is 29.4 Å². The molecule has 1 amide bonds. The van der Waals surface area contributed by atoms with E-state index in [-0.39, 0.29) is 11.8 Å². The maximum absolute atomic E-state index is 13.3. The molecule has 2 aliphatic heterocycles. The molecule has 0 atom stereocenters. The van der Waals surface area contributed by atoms with Crippen LogP contribution in [0.5, 0.6) is 0 Å². The second-order valence-electron chi connectivity index (χ2n) is 7.88. The van der Waals surface area contributed by atoms with E-state index in [4.69, 9.17) is 11.6 Å². The fraction of sp³-hybridized carbons (Fsp3) is 0.455. The first-order valence-corrected chi connectivity index (χ1v) is 10.6. The normalized spacial score (nSPS) is 18.1. The second-order valence-corrected chi connectivity index (χ2v) is 8.32. The van der Waals surface area contributed by atoms with Gasteiger partial charge in [0.1, 0.15) is 5.82 Å². The Bertz CT molecular complexity index is 909. The lowest BCUT2D eigenvalue weighted by Crippen LogP contribution is -2.43. The zero-order valence-corrected chi connectivity index (χ0v) is 17.2. The molecule has 1 saturated heterocycles. The molecule has 1 aromatic carbocycles. The largest absolute Gasteiger partial charge is 0.417 e. The molecule has 0 N–H and O–H groups in total. The highest BCUT2D eigenvalue weighted by Gasteiger charge is 2.33. The maximum Gasteiger partial charge on any atom is 0.417 e. The molecule has 0 spiro atoms. The fourth-order valence-corrected chi connectivity index (χ4v) is 4.46. The Morgan fingerprint density at radius 2 is 1.83 bits per heavy atom. The number of piperidine rings is 1. The van der Waals surface area contributed by atoms with E-state index in [1.54, 1.807) is 0 Å². The average molecular weight is 438 g/mol. The SMILES string of the molecule is O=C(C1CCN(c2ccc(C(F)(F)F)cn2)CC1)N1CCCCc2cc(Cl)ccc21. The lowest BCUT2D eigenvalue weighted by Gasteiger charge is -2.35. The number of rotatable bonds is 2. The van der Waals surface area contributed by atoms with Crippen molar-refractivity contribution in [3.63, 3.8) is 0 Å². The zero-order chi connectivity index (χ0) is 21.3. The number of fused-ring (bicyclic) bond motifs is 1. The van der Waals surface area contributed by atoms with Crippen molar-refractivity contribution in [2.45, 2.75) is 38.3 Å². The number of pyridine rings is 1. The minimum absolute atomic E-state index is 0.0997. The summed E-state index contributed by atoms with van der Waals surface area (Å²) in [6.45, 7) is 1.89. The molecule has 4 nitrogen and oxygen atoms in total. The van der Waals surface area contributed by atoms with E-state index in [1.165, 1.54) is 6.07 Å². The first-order chi connectivity index (χ1) is 14.3. The van der Waals surface area contributed by atoms with Gasteiger partial charge in [-0.1, -0.05) is 11.6 Å². The van der Waals surface area contributed by atoms with Gasteiger partial charge in [-0.3, -0.25) is 4.79 Å². The van der Waals surface area contributed by atoms with Gasteiger partial charge in [-0.25, -0.2) is 4.98 Å². The number of anilines is 2. The lowest BCUT2D eigenvalue weighted by molar-refractivity contribution is -0.137. The number of hydrogen-bond donors (Lipinski definition) is 0. The molecule has 2 aromatic rings. The molecule has 0 saturated carbocycles. The molecule has 0 unspecified atom stereocenters. The quantitative estimate of drug-likeness (QED) is 0.636. The van der Waals surface area contributed by atoms with Gasteiger partial charge in [0.2, 0.25) is 5.91 Å². The molecule has 160 valence electrons. The van der Waals surface area contributed by atoms with E-state index in [9.17, 15) is 18.0 Å². The molecule has 8 heteroatoms. The monoisotopic (exact) mass is 437 g/mol. The smallest absolute Gasteiger partial charge is 0.357 e. The molecule has 3 heterocycles. The third-order valence-corrected chi connectivity index (χ3v) is 6.15. The molecule has 30 heavy (non-hydrogen) atoms. The van der Waals surface area contributed by atoms with Crippen LogP contribution in [0.1, 0.15) is 36.8 Å². The van der Waals surface area contributed by atoms with Gasteiger partial charge in [-0.05, 0) is 68.0 Å². The van der Waals surface area contributed by atoms with Crippen LogP contribution in [0.4, 0.5) is 24.7 Å². The molecule has 1 aromatic heterocycles. The van der Waals surface area contributed by atoms with Gasteiger partial charge in [-0.15, -0.1) is 0 Å². The molecular formula is C22H23ClF3N3O. The standard InChI is InChI=1S/C22H23ClF3N3O/c23-18-5-6-19-16(13-18)3-1-2-10-29(19)21(30)15-8-11-28(12-9-15)20-7-4-17(14-27-20)22(24,25)26/h4-7,13-15H,1-3,8-12H2. The van der Waals surface area contributed by atoms with E-state index in [2.05, 4.69) is 4.98 Å². The van der Waals surface area contributed by atoms with Gasteiger partial charge < -0.3 is 9.80 Å². The summed E-state index contributed by atoms with van der Waals surface area (Å²) in [5.41, 5.74) is 1.31. The minimum atomic E-state index is -4.39. The zero-order valence-electron chi connectivity index (χ0n) is 16.5. The summed E-state index contributed by atoms with van der Waals surface area (Å²) in [5, 5.41) is 0.681. The Balaban J connectivity index is 1.42. The van der Waals surface area contributed by atoms with Crippen molar-refractivity contribution < 1.29 is 18.0 Å². The van der Waals surface area contributed by atoms with Crippen LogP contribution in [-0.4, -0.2) is 30.5 Å². The van der Waals surface area contributed by atoms with Gasteiger partial charge in [0.15, 0.2) is 0 Å². The van der Waals surface area contributed by atoms with Crippen LogP contribution in [-0.2, 0) is 17.4 Å². The average Bonchev–Trinajstić information content (AvgIpc) is 2.95.